The van der Waals surface area contributed by atoms with Gasteiger partial charge < -0.3 is 14.4 Å². The van der Waals surface area contributed by atoms with Gasteiger partial charge in [0, 0.05) is 25.7 Å². The average Bonchev–Trinajstić information content (AvgIpc) is 2.65. The molecule has 0 aliphatic carbocycles. The molecule has 0 fully saturated rings. The second-order valence-electron chi connectivity index (χ2n) is 9.46. The van der Waals surface area contributed by atoms with Crippen molar-refractivity contribution in [2.45, 2.75) is 59.2 Å². The van der Waals surface area contributed by atoms with Gasteiger partial charge in [-0.2, -0.15) is 0 Å². The lowest BCUT2D eigenvalue weighted by Gasteiger charge is -2.29. The number of nitrogens with one attached hydrogen (secondary N) is 1. The fraction of sp³-hybridized carbons (Fsp3) is 0.522. The maximum absolute atomic E-state index is 12.4. The van der Waals surface area contributed by atoms with Gasteiger partial charge in [-0.05, 0) is 71.2 Å². The van der Waals surface area contributed by atoms with Crippen molar-refractivity contribution in [1.82, 2.24) is 15.3 Å². The van der Waals surface area contributed by atoms with Gasteiger partial charge in [-0.1, -0.05) is 18.2 Å². The first-order valence-corrected chi connectivity index (χ1v) is 10.3. The summed E-state index contributed by atoms with van der Waals surface area (Å²) >= 11 is 0. The molecule has 0 atom stereocenters. The summed E-state index contributed by atoms with van der Waals surface area (Å²) in [5.74, 6) is -0.409. The molecule has 1 heterocycles. The Bertz CT molecular complexity index is 847. The molecule has 0 saturated heterocycles. The minimum Gasteiger partial charge on any atom is -0.444 e. The van der Waals surface area contributed by atoms with Gasteiger partial charge in [0.15, 0.2) is 0 Å². The molecule has 1 N–H and O–H groups in total. The minimum atomic E-state index is -0.648. The molecule has 2 rings (SSSR count). The number of hydrogen-bond acceptors (Lipinski definition) is 5. The molecule has 170 valence electrons. The Morgan fingerprint density at radius 2 is 1.55 bits per heavy atom. The van der Waals surface area contributed by atoms with Crippen molar-refractivity contribution < 1.29 is 23.9 Å². The highest BCUT2D eigenvalue weighted by molar-refractivity contribution is 5.95. The molecule has 0 saturated carbocycles. The molecule has 0 spiro atoms. The first-order valence-electron chi connectivity index (χ1n) is 10.3. The Morgan fingerprint density at radius 3 is 2.03 bits per heavy atom. The number of benzene rings is 1. The number of ether oxygens (including phenoxy) is 2. The number of amides is 3. The highest BCUT2D eigenvalue weighted by Crippen LogP contribution is 2.24. The third kappa shape index (κ3) is 7.62. The van der Waals surface area contributed by atoms with Gasteiger partial charge in [0.1, 0.15) is 11.2 Å². The van der Waals surface area contributed by atoms with E-state index in [1.807, 2.05) is 39.0 Å². The summed E-state index contributed by atoms with van der Waals surface area (Å²) in [4.78, 5) is 38.2. The molecule has 8 nitrogen and oxygen atoms in total. The van der Waals surface area contributed by atoms with Crippen molar-refractivity contribution in [2.24, 2.45) is 0 Å². The Kier molecular flexibility index (Phi) is 7.36. The SMILES string of the molecule is CN(NC(=O)c1ccc(C2=CCN(C(=O)OC(C)(C)C)CC2)cc1)C(=O)OC(C)(C)C. The van der Waals surface area contributed by atoms with Gasteiger partial charge >= 0.3 is 12.2 Å². The van der Waals surface area contributed by atoms with Gasteiger partial charge in [-0.15, -0.1) is 0 Å². The fourth-order valence-corrected chi connectivity index (χ4v) is 2.85. The van der Waals surface area contributed by atoms with Crippen LogP contribution in [0, 0.1) is 0 Å². The van der Waals surface area contributed by atoms with Crippen molar-refractivity contribution in [3.63, 3.8) is 0 Å². The summed E-state index contributed by atoms with van der Waals surface area (Å²) in [6, 6.07) is 7.12. The summed E-state index contributed by atoms with van der Waals surface area (Å²) in [5.41, 5.74) is 3.85. The largest absolute Gasteiger partial charge is 0.444 e. The number of carbonyl (C=O) groups is 3. The van der Waals surface area contributed by atoms with E-state index in [0.717, 1.165) is 16.1 Å². The third-order valence-electron chi connectivity index (χ3n) is 4.32. The summed E-state index contributed by atoms with van der Waals surface area (Å²) < 4.78 is 10.6. The molecule has 1 aliphatic rings. The van der Waals surface area contributed by atoms with Crippen LogP contribution in [0.2, 0.25) is 0 Å². The molecular formula is C23H33N3O5. The Hall–Kier alpha value is -3.03. The summed E-state index contributed by atoms with van der Waals surface area (Å²) in [7, 11) is 1.43. The molecule has 1 aromatic carbocycles. The maximum atomic E-state index is 12.4. The van der Waals surface area contributed by atoms with E-state index in [9.17, 15) is 14.4 Å². The van der Waals surface area contributed by atoms with E-state index in [2.05, 4.69) is 5.43 Å². The molecule has 1 aliphatic heterocycles. The Balaban J connectivity index is 1.95. The zero-order valence-corrected chi connectivity index (χ0v) is 19.4. The van der Waals surface area contributed by atoms with Crippen LogP contribution in [0.4, 0.5) is 9.59 Å². The van der Waals surface area contributed by atoms with E-state index in [1.54, 1.807) is 37.8 Å². The Labute approximate surface area is 184 Å². The third-order valence-corrected chi connectivity index (χ3v) is 4.32. The summed E-state index contributed by atoms with van der Waals surface area (Å²) in [6.07, 6.45) is 1.74. The van der Waals surface area contributed by atoms with Crippen LogP contribution in [0.5, 0.6) is 0 Å². The molecule has 31 heavy (non-hydrogen) atoms. The van der Waals surface area contributed by atoms with Gasteiger partial charge in [-0.3, -0.25) is 10.2 Å². The number of hydrogen-bond donors (Lipinski definition) is 1. The molecule has 0 bridgehead atoms. The van der Waals surface area contributed by atoms with Crippen LogP contribution >= 0.6 is 0 Å². The van der Waals surface area contributed by atoms with Gasteiger partial charge in [0.05, 0.1) is 0 Å². The molecule has 3 amide bonds. The average molecular weight is 432 g/mol. The van der Waals surface area contributed by atoms with Crippen molar-refractivity contribution in [2.75, 3.05) is 20.1 Å². The molecule has 8 heteroatoms. The predicted octanol–water partition coefficient (Wildman–Crippen LogP) is 4.22. The second kappa shape index (κ2) is 9.41. The lowest BCUT2D eigenvalue weighted by Crippen LogP contribution is -2.45. The number of hydrazine groups is 1. The highest BCUT2D eigenvalue weighted by Gasteiger charge is 2.24. The van der Waals surface area contributed by atoms with Crippen LogP contribution in [0.3, 0.4) is 0 Å². The maximum Gasteiger partial charge on any atom is 0.428 e. The van der Waals surface area contributed by atoms with Crippen LogP contribution in [0.15, 0.2) is 30.3 Å². The lowest BCUT2D eigenvalue weighted by atomic mass is 9.98. The van der Waals surface area contributed by atoms with E-state index >= 15 is 0 Å². The van der Waals surface area contributed by atoms with Crippen molar-refractivity contribution in [3.05, 3.63) is 41.5 Å². The first kappa shape index (κ1) is 24.2. The highest BCUT2D eigenvalue weighted by atomic mass is 16.6. The van der Waals surface area contributed by atoms with E-state index < -0.39 is 23.2 Å². The topological polar surface area (TPSA) is 88.2 Å². The van der Waals surface area contributed by atoms with E-state index in [0.29, 0.717) is 25.1 Å². The lowest BCUT2D eigenvalue weighted by molar-refractivity contribution is 0.0194. The monoisotopic (exact) mass is 431 g/mol. The Morgan fingerprint density at radius 1 is 0.968 bits per heavy atom. The number of nitrogens with zero attached hydrogens (tertiary/aromatic N) is 2. The van der Waals surface area contributed by atoms with Crippen molar-refractivity contribution >= 4 is 23.7 Å². The van der Waals surface area contributed by atoms with Gasteiger partial charge in [0.25, 0.3) is 5.91 Å². The standard InChI is InChI=1S/C23H33N3O5/c1-22(2,3)30-20(28)25(7)24-19(27)18-10-8-16(9-11-18)17-12-14-26(15-13-17)21(29)31-23(4,5)6/h8-12H,13-15H2,1-7H3,(H,24,27). The predicted molar refractivity (Wildman–Crippen MR) is 118 cm³/mol. The minimum absolute atomic E-state index is 0.316. The van der Waals surface area contributed by atoms with E-state index in [-0.39, 0.29) is 6.09 Å². The summed E-state index contributed by atoms with van der Waals surface area (Å²) in [5, 5.41) is 1.02. The number of carbonyl (C=O) groups excluding carboxylic acids is 3. The van der Waals surface area contributed by atoms with Crippen LogP contribution in [0.25, 0.3) is 5.57 Å². The van der Waals surface area contributed by atoms with Crippen LogP contribution in [-0.4, -0.2) is 59.3 Å². The zero-order valence-electron chi connectivity index (χ0n) is 19.4. The normalized spacial score (nSPS) is 14.4. The molecular weight excluding hydrogens is 398 g/mol. The van der Waals surface area contributed by atoms with E-state index in [1.165, 1.54) is 7.05 Å². The molecule has 0 unspecified atom stereocenters. The van der Waals surface area contributed by atoms with E-state index in [4.69, 9.17) is 9.47 Å². The smallest absolute Gasteiger partial charge is 0.428 e. The van der Waals surface area contributed by atoms with Gasteiger partial charge in [-0.25, -0.2) is 14.6 Å². The quantitative estimate of drug-likeness (QED) is 0.708. The fourth-order valence-electron chi connectivity index (χ4n) is 2.85. The molecule has 0 radical (unpaired) electrons. The molecule has 0 aromatic heterocycles. The van der Waals surface area contributed by atoms with Crippen LogP contribution < -0.4 is 5.43 Å². The second-order valence-corrected chi connectivity index (χ2v) is 9.46. The van der Waals surface area contributed by atoms with Crippen molar-refractivity contribution in [1.29, 1.82) is 0 Å². The number of rotatable bonds is 2. The van der Waals surface area contributed by atoms with Crippen LogP contribution in [0.1, 0.15) is 63.9 Å². The zero-order chi connectivity index (χ0) is 23.4. The first-order chi connectivity index (χ1) is 14.2. The van der Waals surface area contributed by atoms with Crippen LogP contribution in [-0.2, 0) is 9.47 Å². The summed E-state index contributed by atoms with van der Waals surface area (Å²) in [6.45, 7) is 11.9. The van der Waals surface area contributed by atoms with Crippen molar-refractivity contribution in [3.8, 4) is 0 Å². The van der Waals surface area contributed by atoms with Gasteiger partial charge in [0.2, 0.25) is 0 Å². The molecule has 1 aromatic rings.